The molecule has 0 spiro atoms. The molecule has 0 aliphatic heterocycles. The van der Waals surface area contributed by atoms with Gasteiger partial charge in [0.2, 0.25) is 0 Å². The van der Waals surface area contributed by atoms with Gasteiger partial charge in [0.05, 0.1) is 6.61 Å². The van der Waals surface area contributed by atoms with Gasteiger partial charge in [0.25, 0.3) is 0 Å². The second-order valence-electron chi connectivity index (χ2n) is 3.73. The molecule has 4 heteroatoms. The van der Waals surface area contributed by atoms with Crippen molar-refractivity contribution in [3.8, 4) is 5.75 Å². The summed E-state index contributed by atoms with van der Waals surface area (Å²) >= 11 is 0. The molecule has 0 aliphatic carbocycles. The Labute approximate surface area is 101 Å². The number of carboxylic acid groups (broad SMARTS) is 1. The van der Waals surface area contributed by atoms with E-state index in [9.17, 15) is 4.79 Å². The average molecular weight is 238 g/mol. The topological polar surface area (TPSA) is 55.8 Å². The minimum absolute atomic E-state index is 0.333. The highest BCUT2D eigenvalue weighted by Gasteiger charge is 2.16. The maximum absolute atomic E-state index is 10.8. The van der Waals surface area contributed by atoms with Gasteiger partial charge in [0.1, 0.15) is 5.75 Å². The highest BCUT2D eigenvalue weighted by molar-refractivity contribution is 5.72. The molecule has 1 aromatic rings. The maximum Gasteiger partial charge on any atom is 0.332 e. The Kier molecular flexibility index (Phi) is 5.49. The molecule has 0 saturated carbocycles. The first-order valence-electron chi connectivity index (χ1n) is 5.67. The molecular weight excluding hydrogens is 220 g/mol. The third-order valence-electron chi connectivity index (χ3n) is 2.31. The minimum Gasteiger partial charge on any atom is -0.493 e. The van der Waals surface area contributed by atoms with Gasteiger partial charge in [-0.25, -0.2) is 4.79 Å². The highest BCUT2D eigenvalue weighted by Crippen LogP contribution is 2.12. The molecule has 94 valence electrons. The van der Waals surface area contributed by atoms with Gasteiger partial charge in [0.15, 0.2) is 6.10 Å². The van der Waals surface area contributed by atoms with Crippen LogP contribution in [0, 0.1) is 6.92 Å². The molecule has 0 fully saturated rings. The molecule has 0 amide bonds. The summed E-state index contributed by atoms with van der Waals surface area (Å²) < 4.78 is 10.5. The lowest BCUT2D eigenvalue weighted by molar-refractivity contribution is -0.150. The lowest BCUT2D eigenvalue weighted by Gasteiger charge is -2.12. The molecule has 4 nitrogen and oxygen atoms in total. The number of aliphatic carboxylic acids is 1. The number of hydrogen-bond acceptors (Lipinski definition) is 3. The van der Waals surface area contributed by atoms with E-state index >= 15 is 0 Å². The quantitative estimate of drug-likeness (QED) is 0.791. The summed E-state index contributed by atoms with van der Waals surface area (Å²) in [5, 5.41) is 8.86. The van der Waals surface area contributed by atoms with E-state index in [1.807, 2.05) is 31.2 Å². The Balaban J connectivity index is 2.35. The molecule has 0 aromatic heterocycles. The van der Waals surface area contributed by atoms with Crippen LogP contribution in [0.5, 0.6) is 5.75 Å². The van der Waals surface area contributed by atoms with E-state index < -0.39 is 12.1 Å². The van der Waals surface area contributed by atoms with Gasteiger partial charge in [-0.2, -0.15) is 0 Å². The van der Waals surface area contributed by atoms with E-state index in [1.165, 1.54) is 0 Å². The second-order valence-corrected chi connectivity index (χ2v) is 3.73. The lowest BCUT2D eigenvalue weighted by atomic mass is 10.2. The van der Waals surface area contributed by atoms with E-state index in [1.54, 1.807) is 6.92 Å². The van der Waals surface area contributed by atoms with Crippen molar-refractivity contribution < 1.29 is 19.4 Å². The van der Waals surface area contributed by atoms with Gasteiger partial charge in [-0.05, 0) is 26.0 Å². The van der Waals surface area contributed by atoms with Crippen LogP contribution in [0.3, 0.4) is 0 Å². The Morgan fingerprint density at radius 2 is 2.00 bits per heavy atom. The van der Waals surface area contributed by atoms with Gasteiger partial charge in [-0.3, -0.25) is 0 Å². The zero-order valence-electron chi connectivity index (χ0n) is 10.2. The molecule has 0 saturated heterocycles. The fourth-order valence-corrected chi connectivity index (χ4v) is 1.40. The normalized spacial score (nSPS) is 12.1. The number of rotatable bonds is 7. The van der Waals surface area contributed by atoms with Crippen molar-refractivity contribution in [1.82, 2.24) is 0 Å². The summed E-state index contributed by atoms with van der Waals surface area (Å²) in [6.07, 6.45) is -0.442. The number of hydrogen-bond donors (Lipinski definition) is 1. The van der Waals surface area contributed by atoms with Gasteiger partial charge in [-0.1, -0.05) is 17.7 Å². The van der Waals surface area contributed by atoms with Crippen LogP contribution in [-0.4, -0.2) is 30.4 Å². The van der Waals surface area contributed by atoms with E-state index in [4.69, 9.17) is 14.6 Å². The second kappa shape index (κ2) is 6.91. The Morgan fingerprint density at radius 1 is 1.35 bits per heavy atom. The van der Waals surface area contributed by atoms with Crippen LogP contribution in [0.2, 0.25) is 0 Å². The molecule has 0 radical (unpaired) electrons. The van der Waals surface area contributed by atoms with Crippen LogP contribution in [0.4, 0.5) is 0 Å². The predicted molar refractivity (Wildman–Crippen MR) is 64.3 cm³/mol. The van der Waals surface area contributed by atoms with Crippen molar-refractivity contribution in [3.05, 3.63) is 29.8 Å². The summed E-state index contributed by atoms with van der Waals surface area (Å²) in [4.78, 5) is 10.8. The fourth-order valence-electron chi connectivity index (χ4n) is 1.40. The number of carbonyl (C=O) groups is 1. The van der Waals surface area contributed by atoms with Crippen LogP contribution in [0.1, 0.15) is 18.9 Å². The van der Waals surface area contributed by atoms with Crippen LogP contribution in [0.25, 0.3) is 0 Å². The first-order chi connectivity index (χ1) is 8.13. The van der Waals surface area contributed by atoms with Crippen molar-refractivity contribution >= 4 is 5.97 Å². The van der Waals surface area contributed by atoms with Gasteiger partial charge in [-0.15, -0.1) is 0 Å². The van der Waals surface area contributed by atoms with Gasteiger partial charge in [0, 0.05) is 13.0 Å². The van der Waals surface area contributed by atoms with Crippen LogP contribution >= 0.6 is 0 Å². The monoisotopic (exact) mass is 238 g/mol. The number of aryl methyl sites for hydroxylation is 1. The average Bonchev–Trinajstić information content (AvgIpc) is 2.30. The lowest BCUT2D eigenvalue weighted by Crippen LogP contribution is -2.26. The molecule has 1 unspecified atom stereocenters. The third-order valence-corrected chi connectivity index (χ3v) is 2.31. The zero-order valence-corrected chi connectivity index (χ0v) is 10.2. The Hall–Kier alpha value is -1.55. The van der Waals surface area contributed by atoms with Gasteiger partial charge < -0.3 is 14.6 Å². The van der Waals surface area contributed by atoms with Crippen molar-refractivity contribution in [3.63, 3.8) is 0 Å². The summed E-state index contributed by atoms with van der Waals surface area (Å²) in [6.45, 7) is 4.50. The highest BCUT2D eigenvalue weighted by atomic mass is 16.5. The molecular formula is C13H18O4. The van der Waals surface area contributed by atoms with E-state index in [0.717, 1.165) is 11.3 Å². The van der Waals surface area contributed by atoms with Crippen molar-refractivity contribution in [2.45, 2.75) is 26.4 Å². The van der Waals surface area contributed by atoms with Crippen LogP contribution < -0.4 is 4.74 Å². The van der Waals surface area contributed by atoms with Gasteiger partial charge >= 0.3 is 5.97 Å². The fraction of sp³-hybridized carbons (Fsp3) is 0.462. The predicted octanol–water partition coefficient (Wildman–Crippen LogP) is 2.25. The summed E-state index contributed by atoms with van der Waals surface area (Å²) in [5.41, 5.74) is 1.16. The Bertz CT molecular complexity index is 345. The van der Waals surface area contributed by atoms with Crippen molar-refractivity contribution in [1.29, 1.82) is 0 Å². The summed E-state index contributed by atoms with van der Waals surface area (Å²) in [5.74, 6) is -0.199. The number of ether oxygens (including phenoxy) is 2. The summed E-state index contributed by atoms with van der Waals surface area (Å²) in [7, 11) is 0. The largest absolute Gasteiger partial charge is 0.493 e. The molecule has 17 heavy (non-hydrogen) atoms. The summed E-state index contributed by atoms with van der Waals surface area (Å²) in [6, 6.07) is 7.64. The van der Waals surface area contributed by atoms with E-state index in [0.29, 0.717) is 19.6 Å². The van der Waals surface area contributed by atoms with Crippen molar-refractivity contribution in [2.24, 2.45) is 0 Å². The molecule has 1 rings (SSSR count). The number of benzene rings is 1. The molecule has 1 N–H and O–H groups in total. The van der Waals surface area contributed by atoms with E-state index in [2.05, 4.69) is 0 Å². The number of carboxylic acids is 1. The first-order valence-corrected chi connectivity index (χ1v) is 5.67. The third kappa shape index (κ3) is 4.87. The zero-order chi connectivity index (χ0) is 12.7. The van der Waals surface area contributed by atoms with Crippen molar-refractivity contribution in [2.75, 3.05) is 13.2 Å². The van der Waals surface area contributed by atoms with Crippen LogP contribution in [0.15, 0.2) is 24.3 Å². The maximum atomic E-state index is 10.8. The molecule has 0 heterocycles. The van der Waals surface area contributed by atoms with Crippen LogP contribution in [-0.2, 0) is 9.53 Å². The first kappa shape index (κ1) is 13.5. The Morgan fingerprint density at radius 3 is 2.53 bits per heavy atom. The standard InChI is InChI=1S/C13H18O4/c1-3-16-12(13(14)15)8-9-17-11-6-4-10(2)5-7-11/h4-7,12H,3,8-9H2,1-2H3,(H,14,15). The van der Waals surface area contributed by atoms with E-state index in [-0.39, 0.29) is 0 Å². The molecule has 0 bridgehead atoms. The molecule has 1 aromatic carbocycles. The molecule has 0 aliphatic rings. The SMILES string of the molecule is CCOC(CCOc1ccc(C)cc1)C(=O)O. The smallest absolute Gasteiger partial charge is 0.332 e. The minimum atomic E-state index is -0.945. The molecule has 1 atom stereocenters.